The lowest BCUT2D eigenvalue weighted by Gasteiger charge is -2.33. The van der Waals surface area contributed by atoms with Crippen LogP contribution in [-0.2, 0) is 22.5 Å². The molecule has 8 heteroatoms. The summed E-state index contributed by atoms with van der Waals surface area (Å²) in [5, 5.41) is 5.79. The zero-order valence-corrected chi connectivity index (χ0v) is 19.4. The van der Waals surface area contributed by atoms with Gasteiger partial charge >= 0.3 is 0 Å². The molecule has 1 saturated heterocycles. The number of nitrogens with zero attached hydrogens (tertiary/aromatic N) is 2. The van der Waals surface area contributed by atoms with Gasteiger partial charge in [0.2, 0.25) is 0 Å². The fraction of sp³-hybridized carbons (Fsp3) is 0.714. The number of thiophene rings is 1. The molecule has 1 fully saturated rings. The first-order valence-electron chi connectivity index (χ1n) is 10.9. The van der Waals surface area contributed by atoms with E-state index in [1.165, 1.54) is 15.8 Å². The van der Waals surface area contributed by atoms with Gasteiger partial charge in [0.15, 0.2) is 5.16 Å². The molecular weight excluding hydrogens is 404 g/mol. The number of quaternary nitrogens is 1. The van der Waals surface area contributed by atoms with Gasteiger partial charge in [0, 0.05) is 17.1 Å². The van der Waals surface area contributed by atoms with Crippen LogP contribution in [0.25, 0.3) is 10.2 Å². The van der Waals surface area contributed by atoms with Crippen LogP contribution in [0, 0.1) is 0 Å². The quantitative estimate of drug-likeness (QED) is 0.489. The van der Waals surface area contributed by atoms with E-state index in [4.69, 9.17) is 19.4 Å². The molecule has 2 aliphatic rings. The molecule has 4 heterocycles. The summed E-state index contributed by atoms with van der Waals surface area (Å²) in [6, 6.07) is 0. The van der Waals surface area contributed by atoms with Gasteiger partial charge in [-0.1, -0.05) is 25.6 Å². The maximum absolute atomic E-state index is 6.19. The van der Waals surface area contributed by atoms with Crippen molar-refractivity contribution in [2.45, 2.75) is 57.4 Å². The molecule has 160 valence electrons. The Hall–Kier alpha value is -0.930. The number of fused-ring (bicyclic) bond motifs is 3. The first-order chi connectivity index (χ1) is 14.1. The van der Waals surface area contributed by atoms with E-state index < -0.39 is 0 Å². The zero-order valence-electron chi connectivity index (χ0n) is 17.8. The van der Waals surface area contributed by atoms with Gasteiger partial charge < -0.3 is 19.7 Å². The molecule has 0 aliphatic carbocycles. The summed E-state index contributed by atoms with van der Waals surface area (Å²) in [7, 11) is 0. The molecule has 0 aromatic carbocycles. The Kier molecular flexibility index (Phi) is 6.96. The highest BCUT2D eigenvalue weighted by Crippen LogP contribution is 2.42. The molecule has 2 aromatic rings. The van der Waals surface area contributed by atoms with Crippen molar-refractivity contribution in [2.75, 3.05) is 50.5 Å². The molecule has 2 aliphatic heterocycles. The third-order valence-electron chi connectivity index (χ3n) is 5.97. The molecule has 0 amide bonds. The summed E-state index contributed by atoms with van der Waals surface area (Å²) in [6.07, 6.45) is 3.07. The van der Waals surface area contributed by atoms with Crippen molar-refractivity contribution in [3.05, 3.63) is 10.4 Å². The molecule has 0 radical (unpaired) electrons. The normalized spacial score (nSPS) is 22.7. The predicted octanol–water partition coefficient (Wildman–Crippen LogP) is 2.76. The summed E-state index contributed by atoms with van der Waals surface area (Å²) in [5.74, 6) is 2.06. The smallest absolute Gasteiger partial charge is 0.190 e. The van der Waals surface area contributed by atoms with Crippen LogP contribution < -0.4 is 10.2 Å². The lowest BCUT2D eigenvalue weighted by molar-refractivity contribution is -0.906. The van der Waals surface area contributed by atoms with Gasteiger partial charge in [-0.05, 0) is 25.3 Å². The highest BCUT2D eigenvalue weighted by Gasteiger charge is 2.33. The number of morpholine rings is 1. The molecule has 2 aromatic heterocycles. The minimum Gasteiger partial charge on any atom is -0.370 e. The molecule has 0 bridgehead atoms. The standard InChI is InChI=1S/C21H32N4O2S2/c1-4-12-28-20-23-18(22-6-7-25-8-10-26-11-9-25)17-15-13-21(3,5-2)27-14-16(15)29-19(17)24-20/h4-14H2,1-3H3,(H,22,23,24)/p+1/t21-/m1/s1. The van der Waals surface area contributed by atoms with Crippen molar-refractivity contribution in [2.24, 2.45) is 0 Å². The monoisotopic (exact) mass is 437 g/mol. The predicted molar refractivity (Wildman–Crippen MR) is 120 cm³/mol. The van der Waals surface area contributed by atoms with E-state index in [0.717, 1.165) is 80.2 Å². The van der Waals surface area contributed by atoms with Crippen LogP contribution in [0.2, 0.25) is 0 Å². The van der Waals surface area contributed by atoms with Gasteiger partial charge in [-0.15, -0.1) is 11.3 Å². The van der Waals surface area contributed by atoms with E-state index in [2.05, 4.69) is 26.1 Å². The zero-order chi connectivity index (χ0) is 20.3. The molecule has 4 rings (SSSR count). The van der Waals surface area contributed by atoms with Crippen molar-refractivity contribution in [1.29, 1.82) is 0 Å². The van der Waals surface area contributed by atoms with Crippen LogP contribution >= 0.6 is 23.1 Å². The van der Waals surface area contributed by atoms with E-state index in [0.29, 0.717) is 6.61 Å². The van der Waals surface area contributed by atoms with Gasteiger partial charge in [0.25, 0.3) is 0 Å². The fourth-order valence-electron chi connectivity index (χ4n) is 3.93. The largest absolute Gasteiger partial charge is 0.370 e. The van der Waals surface area contributed by atoms with E-state index in [1.807, 2.05) is 0 Å². The number of aromatic nitrogens is 2. The number of anilines is 1. The van der Waals surface area contributed by atoms with Gasteiger partial charge in [-0.2, -0.15) is 0 Å². The van der Waals surface area contributed by atoms with Crippen LogP contribution in [0.15, 0.2) is 5.16 Å². The van der Waals surface area contributed by atoms with Crippen molar-refractivity contribution < 1.29 is 14.4 Å². The van der Waals surface area contributed by atoms with Gasteiger partial charge in [0.05, 0.1) is 43.9 Å². The van der Waals surface area contributed by atoms with E-state index in [9.17, 15) is 0 Å². The maximum atomic E-state index is 6.19. The Morgan fingerprint density at radius 2 is 2.07 bits per heavy atom. The Morgan fingerprint density at radius 3 is 2.83 bits per heavy atom. The Balaban J connectivity index is 1.61. The Labute approximate surface area is 181 Å². The molecule has 2 N–H and O–H groups in total. The highest BCUT2D eigenvalue weighted by atomic mass is 32.2. The second kappa shape index (κ2) is 9.47. The van der Waals surface area contributed by atoms with Crippen LogP contribution in [0.5, 0.6) is 0 Å². The van der Waals surface area contributed by atoms with Crippen molar-refractivity contribution in [1.82, 2.24) is 9.97 Å². The van der Waals surface area contributed by atoms with E-state index in [1.54, 1.807) is 28.0 Å². The van der Waals surface area contributed by atoms with Crippen molar-refractivity contribution >= 4 is 39.1 Å². The molecule has 0 unspecified atom stereocenters. The lowest BCUT2D eigenvalue weighted by atomic mass is 9.90. The number of nitrogens with one attached hydrogen (secondary N) is 2. The number of hydrogen-bond acceptors (Lipinski definition) is 7. The van der Waals surface area contributed by atoms with Crippen LogP contribution in [0.4, 0.5) is 5.82 Å². The van der Waals surface area contributed by atoms with Gasteiger partial charge in [-0.25, -0.2) is 9.97 Å². The van der Waals surface area contributed by atoms with E-state index in [-0.39, 0.29) is 5.60 Å². The van der Waals surface area contributed by atoms with Crippen LogP contribution in [0.3, 0.4) is 0 Å². The Morgan fingerprint density at radius 1 is 1.24 bits per heavy atom. The third-order valence-corrected chi connectivity index (χ3v) is 8.12. The summed E-state index contributed by atoms with van der Waals surface area (Å²) in [5.41, 5.74) is 1.31. The number of ether oxygens (including phenoxy) is 2. The minimum absolute atomic E-state index is 0.0914. The van der Waals surface area contributed by atoms with Crippen molar-refractivity contribution in [3.63, 3.8) is 0 Å². The first-order valence-corrected chi connectivity index (χ1v) is 12.7. The summed E-state index contributed by atoms with van der Waals surface area (Å²) in [4.78, 5) is 13.9. The molecular formula is C21H33N4O2S2+. The number of hydrogen-bond donors (Lipinski definition) is 2. The number of thioether (sulfide) groups is 1. The fourth-order valence-corrected chi connectivity index (χ4v) is 5.79. The molecule has 29 heavy (non-hydrogen) atoms. The van der Waals surface area contributed by atoms with Crippen molar-refractivity contribution in [3.8, 4) is 0 Å². The maximum Gasteiger partial charge on any atom is 0.190 e. The highest BCUT2D eigenvalue weighted by molar-refractivity contribution is 7.99. The SMILES string of the molecule is CCCSc1nc(NCC[NH+]2CCOCC2)c2c3c(sc2n1)CO[C@](C)(CC)C3. The van der Waals surface area contributed by atoms with Gasteiger partial charge in [0.1, 0.15) is 23.7 Å². The topological polar surface area (TPSA) is 60.7 Å². The molecule has 1 atom stereocenters. The summed E-state index contributed by atoms with van der Waals surface area (Å²) >= 11 is 3.54. The minimum atomic E-state index is -0.0914. The lowest BCUT2D eigenvalue weighted by Crippen LogP contribution is -3.14. The molecule has 0 spiro atoms. The first kappa shape index (κ1) is 21.3. The molecule has 0 saturated carbocycles. The second-order valence-corrected chi connectivity index (χ2v) is 10.3. The van der Waals surface area contributed by atoms with Crippen LogP contribution in [0.1, 0.15) is 44.1 Å². The summed E-state index contributed by atoms with van der Waals surface area (Å²) < 4.78 is 11.7. The Bertz CT molecular complexity index is 838. The average Bonchev–Trinajstić information content (AvgIpc) is 3.10. The summed E-state index contributed by atoms with van der Waals surface area (Å²) in [6.45, 7) is 13.3. The average molecular weight is 438 g/mol. The van der Waals surface area contributed by atoms with Gasteiger partial charge in [-0.3, -0.25) is 0 Å². The van der Waals surface area contributed by atoms with E-state index >= 15 is 0 Å². The molecule has 6 nitrogen and oxygen atoms in total. The second-order valence-electron chi connectivity index (χ2n) is 8.20. The van der Waals surface area contributed by atoms with Crippen LogP contribution in [-0.4, -0.2) is 60.7 Å². The number of rotatable bonds is 8. The third kappa shape index (κ3) is 4.88.